The molecule has 2 rings (SSSR count). The maximum Gasteiger partial charge on any atom is 0.277 e. The predicted molar refractivity (Wildman–Crippen MR) is 75.7 cm³/mol. The Morgan fingerprint density at radius 1 is 1.06 bits per heavy atom. The molecule has 4 heteroatoms. The van der Waals surface area contributed by atoms with Gasteiger partial charge in [-0.2, -0.15) is 0 Å². The molecule has 0 atom stereocenters. The van der Waals surface area contributed by atoms with Crippen molar-refractivity contribution in [3.05, 3.63) is 62.1 Å². The Labute approximate surface area is 114 Å². The number of halogens is 1. The van der Waals surface area contributed by atoms with Crippen LogP contribution < -0.4 is 0 Å². The summed E-state index contributed by atoms with van der Waals surface area (Å²) >= 11 is 3.36. The molecule has 3 nitrogen and oxygen atoms in total. The van der Waals surface area contributed by atoms with Crippen LogP contribution in [-0.4, -0.2) is 4.92 Å². The van der Waals surface area contributed by atoms with Gasteiger partial charge in [-0.3, -0.25) is 10.1 Å². The van der Waals surface area contributed by atoms with E-state index in [-0.39, 0.29) is 10.6 Å². The molecule has 0 saturated carbocycles. The Balaban J connectivity index is 2.65. The maximum atomic E-state index is 11.1. The van der Waals surface area contributed by atoms with Crippen molar-refractivity contribution in [1.29, 1.82) is 0 Å². The second-order valence-corrected chi connectivity index (χ2v) is 5.13. The summed E-state index contributed by atoms with van der Waals surface area (Å²) in [4.78, 5) is 10.8. The van der Waals surface area contributed by atoms with Gasteiger partial charge in [-0.15, -0.1) is 0 Å². The molecular formula is C14H12BrNO2. The first-order chi connectivity index (χ1) is 8.49. The molecule has 0 aliphatic heterocycles. The van der Waals surface area contributed by atoms with E-state index in [4.69, 9.17) is 0 Å². The number of benzene rings is 2. The van der Waals surface area contributed by atoms with E-state index in [2.05, 4.69) is 15.9 Å². The van der Waals surface area contributed by atoms with Crippen molar-refractivity contribution in [2.75, 3.05) is 0 Å². The van der Waals surface area contributed by atoms with Gasteiger partial charge in [-0.25, -0.2) is 0 Å². The predicted octanol–water partition coefficient (Wildman–Crippen LogP) is 4.64. The lowest BCUT2D eigenvalue weighted by atomic mass is 9.98. The molecule has 2 aromatic carbocycles. The Hall–Kier alpha value is -1.68. The van der Waals surface area contributed by atoms with Crippen LogP contribution in [-0.2, 0) is 0 Å². The molecule has 0 aliphatic carbocycles. The summed E-state index contributed by atoms with van der Waals surface area (Å²) in [6, 6.07) is 11.0. The first-order valence-corrected chi connectivity index (χ1v) is 6.30. The summed E-state index contributed by atoms with van der Waals surface area (Å²) in [6.07, 6.45) is 0. The van der Waals surface area contributed by atoms with Crippen molar-refractivity contribution in [2.45, 2.75) is 13.8 Å². The van der Waals surface area contributed by atoms with Gasteiger partial charge in [0.1, 0.15) is 0 Å². The van der Waals surface area contributed by atoms with E-state index < -0.39 is 0 Å². The molecular weight excluding hydrogens is 294 g/mol. The molecule has 0 unspecified atom stereocenters. The number of hydrogen-bond donors (Lipinski definition) is 0. The molecule has 0 aromatic heterocycles. The van der Waals surface area contributed by atoms with Gasteiger partial charge in [0, 0.05) is 10.5 Å². The standard InChI is InChI=1S/C14H12BrNO2/c1-9-7-13(11-3-5-12(15)6-4-11)14(16(17)18)8-10(9)2/h3-8H,1-2H3. The molecule has 0 spiro atoms. The molecule has 0 heterocycles. The van der Waals surface area contributed by atoms with Crippen molar-refractivity contribution in [2.24, 2.45) is 0 Å². The number of rotatable bonds is 2. The van der Waals surface area contributed by atoms with E-state index in [1.165, 1.54) is 0 Å². The molecule has 18 heavy (non-hydrogen) atoms. The van der Waals surface area contributed by atoms with E-state index in [1.807, 2.05) is 44.2 Å². The summed E-state index contributed by atoms with van der Waals surface area (Å²) < 4.78 is 0.956. The number of aryl methyl sites for hydroxylation is 2. The van der Waals surface area contributed by atoms with E-state index >= 15 is 0 Å². The molecule has 0 saturated heterocycles. The van der Waals surface area contributed by atoms with Gasteiger partial charge in [0.2, 0.25) is 0 Å². The van der Waals surface area contributed by atoms with Gasteiger partial charge in [0.05, 0.1) is 10.5 Å². The lowest BCUT2D eigenvalue weighted by Crippen LogP contribution is -1.94. The van der Waals surface area contributed by atoms with Gasteiger partial charge in [-0.05, 0) is 48.7 Å². The summed E-state index contributed by atoms with van der Waals surface area (Å²) in [5, 5.41) is 11.1. The van der Waals surface area contributed by atoms with Gasteiger partial charge in [0.25, 0.3) is 5.69 Å². The second kappa shape index (κ2) is 4.90. The summed E-state index contributed by atoms with van der Waals surface area (Å²) in [5.74, 6) is 0. The molecule has 0 fully saturated rings. The highest BCUT2D eigenvalue weighted by molar-refractivity contribution is 9.10. The monoisotopic (exact) mass is 305 g/mol. The van der Waals surface area contributed by atoms with Crippen LogP contribution in [0.25, 0.3) is 11.1 Å². The minimum absolute atomic E-state index is 0.153. The zero-order chi connectivity index (χ0) is 13.3. The first kappa shape index (κ1) is 12.8. The number of nitro benzene ring substituents is 1. The average Bonchev–Trinajstić information content (AvgIpc) is 2.33. The first-order valence-electron chi connectivity index (χ1n) is 5.50. The third-order valence-corrected chi connectivity index (χ3v) is 3.49. The number of nitro groups is 1. The molecule has 0 bridgehead atoms. The van der Waals surface area contributed by atoms with Crippen LogP contribution in [0, 0.1) is 24.0 Å². The zero-order valence-corrected chi connectivity index (χ0v) is 11.7. The highest BCUT2D eigenvalue weighted by Gasteiger charge is 2.16. The Kier molecular flexibility index (Phi) is 3.48. The van der Waals surface area contributed by atoms with Crippen molar-refractivity contribution >= 4 is 21.6 Å². The largest absolute Gasteiger partial charge is 0.277 e. The molecule has 2 aromatic rings. The van der Waals surface area contributed by atoms with Crippen molar-refractivity contribution in [3.63, 3.8) is 0 Å². The van der Waals surface area contributed by atoms with E-state index in [1.54, 1.807) is 6.07 Å². The molecule has 0 N–H and O–H groups in total. The molecule has 0 radical (unpaired) electrons. The molecule has 0 amide bonds. The fraction of sp³-hybridized carbons (Fsp3) is 0.143. The zero-order valence-electron chi connectivity index (χ0n) is 10.1. The van der Waals surface area contributed by atoms with Crippen LogP contribution in [0.1, 0.15) is 11.1 Å². The minimum atomic E-state index is -0.330. The Morgan fingerprint density at radius 3 is 2.17 bits per heavy atom. The highest BCUT2D eigenvalue weighted by atomic mass is 79.9. The van der Waals surface area contributed by atoms with E-state index in [0.29, 0.717) is 5.56 Å². The normalized spacial score (nSPS) is 10.4. The summed E-state index contributed by atoms with van der Waals surface area (Å²) in [7, 11) is 0. The van der Waals surface area contributed by atoms with E-state index in [9.17, 15) is 10.1 Å². The van der Waals surface area contributed by atoms with Gasteiger partial charge >= 0.3 is 0 Å². The Morgan fingerprint density at radius 2 is 1.61 bits per heavy atom. The fourth-order valence-electron chi connectivity index (χ4n) is 1.81. The van der Waals surface area contributed by atoms with Crippen molar-refractivity contribution in [3.8, 4) is 11.1 Å². The van der Waals surface area contributed by atoms with Crippen LogP contribution in [0.15, 0.2) is 40.9 Å². The second-order valence-electron chi connectivity index (χ2n) is 4.22. The minimum Gasteiger partial charge on any atom is -0.258 e. The average molecular weight is 306 g/mol. The smallest absolute Gasteiger partial charge is 0.258 e. The lowest BCUT2D eigenvalue weighted by Gasteiger charge is -2.07. The lowest BCUT2D eigenvalue weighted by molar-refractivity contribution is -0.384. The molecule has 92 valence electrons. The third-order valence-electron chi connectivity index (χ3n) is 2.96. The van der Waals surface area contributed by atoms with Crippen LogP contribution in [0.4, 0.5) is 5.69 Å². The fourth-order valence-corrected chi connectivity index (χ4v) is 2.08. The molecule has 0 aliphatic rings. The van der Waals surface area contributed by atoms with Crippen LogP contribution in [0.2, 0.25) is 0 Å². The van der Waals surface area contributed by atoms with Crippen LogP contribution in [0.5, 0.6) is 0 Å². The van der Waals surface area contributed by atoms with Crippen molar-refractivity contribution in [1.82, 2.24) is 0 Å². The van der Waals surface area contributed by atoms with Crippen LogP contribution >= 0.6 is 15.9 Å². The quantitative estimate of drug-likeness (QED) is 0.599. The summed E-state index contributed by atoms with van der Waals surface area (Å²) in [6.45, 7) is 3.84. The van der Waals surface area contributed by atoms with Gasteiger partial charge in [-0.1, -0.05) is 28.1 Å². The third kappa shape index (κ3) is 2.43. The summed E-state index contributed by atoms with van der Waals surface area (Å²) in [5.41, 5.74) is 3.66. The van der Waals surface area contributed by atoms with Crippen LogP contribution in [0.3, 0.4) is 0 Å². The van der Waals surface area contributed by atoms with Gasteiger partial charge < -0.3 is 0 Å². The number of nitrogens with zero attached hydrogens (tertiary/aromatic N) is 1. The topological polar surface area (TPSA) is 43.1 Å². The number of hydrogen-bond acceptors (Lipinski definition) is 2. The van der Waals surface area contributed by atoms with E-state index in [0.717, 1.165) is 21.2 Å². The Bertz CT molecular complexity index is 606. The van der Waals surface area contributed by atoms with Crippen molar-refractivity contribution < 1.29 is 4.92 Å². The maximum absolute atomic E-state index is 11.1. The highest BCUT2D eigenvalue weighted by Crippen LogP contribution is 2.32. The SMILES string of the molecule is Cc1cc(-c2ccc(Br)cc2)c([N+](=O)[O-])cc1C. The van der Waals surface area contributed by atoms with Gasteiger partial charge in [0.15, 0.2) is 0 Å².